The number of aliphatic hydroxyl groups is 1. The number of benzene rings is 1. The zero-order chi connectivity index (χ0) is 15.5. The van der Waals surface area contributed by atoms with Crippen LogP contribution in [0.3, 0.4) is 0 Å². The maximum atomic E-state index is 12.3. The fraction of sp³-hybridized carbons (Fsp3) is 0.625. The minimum Gasteiger partial charge on any atom is -0.392 e. The van der Waals surface area contributed by atoms with E-state index in [-0.39, 0.29) is 18.4 Å². The average Bonchev–Trinajstić information content (AvgIpc) is 2.42. The molecule has 1 aromatic carbocycles. The summed E-state index contributed by atoms with van der Waals surface area (Å²) in [6, 6.07) is 7.10. The Morgan fingerprint density at radius 1 is 1.14 bits per heavy atom. The molecule has 0 bridgehead atoms. The minimum atomic E-state index is -3.32. The fourth-order valence-corrected chi connectivity index (χ4v) is 4.60. The number of rotatable bonds is 5. The van der Waals surface area contributed by atoms with E-state index < -0.39 is 10.0 Å². The molecule has 0 aromatic heterocycles. The van der Waals surface area contributed by atoms with E-state index in [4.69, 9.17) is 5.11 Å². The van der Waals surface area contributed by atoms with Crippen LogP contribution in [0, 0.1) is 11.8 Å². The van der Waals surface area contributed by atoms with Gasteiger partial charge in [-0.15, -0.1) is 0 Å². The van der Waals surface area contributed by atoms with Gasteiger partial charge in [0, 0.05) is 6.04 Å². The second-order valence-electron chi connectivity index (χ2n) is 6.35. The number of sulfonamides is 1. The van der Waals surface area contributed by atoms with Crippen LogP contribution in [0.25, 0.3) is 0 Å². The Kier molecular flexibility index (Phi) is 5.41. The molecular formula is C16H25NO3S. The molecule has 1 saturated carbocycles. The lowest BCUT2D eigenvalue weighted by molar-refractivity contribution is 0.249. The molecule has 3 atom stereocenters. The van der Waals surface area contributed by atoms with Crippen molar-refractivity contribution < 1.29 is 13.5 Å². The zero-order valence-corrected chi connectivity index (χ0v) is 13.6. The Morgan fingerprint density at radius 2 is 1.76 bits per heavy atom. The van der Waals surface area contributed by atoms with Crippen LogP contribution in [0.2, 0.25) is 0 Å². The quantitative estimate of drug-likeness (QED) is 0.877. The molecule has 0 saturated heterocycles. The Morgan fingerprint density at radius 3 is 2.33 bits per heavy atom. The first-order valence-electron chi connectivity index (χ1n) is 7.58. The number of aliphatic hydroxyl groups excluding tert-OH is 1. The van der Waals surface area contributed by atoms with E-state index in [1.54, 1.807) is 24.3 Å². The van der Waals surface area contributed by atoms with Crippen molar-refractivity contribution in [1.29, 1.82) is 0 Å². The maximum absolute atomic E-state index is 12.3. The SMILES string of the molecule is CC1CCC(NS(=O)(=O)Cc2ccc(CO)cc2)C(C)C1. The lowest BCUT2D eigenvalue weighted by Gasteiger charge is -2.32. The van der Waals surface area contributed by atoms with E-state index in [0.29, 0.717) is 11.8 Å². The van der Waals surface area contributed by atoms with Crippen LogP contribution in [0.5, 0.6) is 0 Å². The summed E-state index contributed by atoms with van der Waals surface area (Å²) in [5.41, 5.74) is 1.54. The zero-order valence-electron chi connectivity index (χ0n) is 12.7. The lowest BCUT2D eigenvalue weighted by atomic mass is 9.80. The largest absolute Gasteiger partial charge is 0.392 e. The number of hydrogen-bond acceptors (Lipinski definition) is 3. The Labute approximate surface area is 127 Å². The van der Waals surface area contributed by atoms with E-state index >= 15 is 0 Å². The Hall–Kier alpha value is -0.910. The molecule has 1 aliphatic carbocycles. The Bertz CT molecular complexity index is 553. The summed E-state index contributed by atoms with van der Waals surface area (Å²) in [6.45, 7) is 4.33. The molecule has 118 valence electrons. The fourth-order valence-electron chi connectivity index (χ4n) is 3.07. The van der Waals surface area contributed by atoms with Gasteiger partial charge in [0.05, 0.1) is 12.4 Å². The molecule has 0 aliphatic heterocycles. The Balaban J connectivity index is 1.98. The highest BCUT2D eigenvalue weighted by Crippen LogP contribution is 2.29. The first-order chi connectivity index (χ1) is 9.89. The molecule has 1 aliphatic rings. The molecule has 0 amide bonds. The minimum absolute atomic E-state index is 0.00250. The van der Waals surface area contributed by atoms with Crippen molar-refractivity contribution in [3.05, 3.63) is 35.4 Å². The predicted octanol–water partition coefficient (Wildman–Crippen LogP) is 2.42. The highest BCUT2D eigenvalue weighted by Gasteiger charge is 2.28. The van der Waals surface area contributed by atoms with Crippen molar-refractivity contribution in [2.45, 2.75) is 51.5 Å². The van der Waals surface area contributed by atoms with E-state index in [1.165, 1.54) is 0 Å². The topological polar surface area (TPSA) is 66.4 Å². The van der Waals surface area contributed by atoms with Crippen LogP contribution in [0.1, 0.15) is 44.2 Å². The van der Waals surface area contributed by atoms with Crippen molar-refractivity contribution in [3.8, 4) is 0 Å². The average molecular weight is 311 g/mol. The normalized spacial score (nSPS) is 26.7. The number of hydrogen-bond donors (Lipinski definition) is 2. The van der Waals surface area contributed by atoms with Gasteiger partial charge in [0.25, 0.3) is 0 Å². The predicted molar refractivity (Wildman–Crippen MR) is 84.1 cm³/mol. The number of nitrogens with one attached hydrogen (secondary N) is 1. The van der Waals surface area contributed by atoms with Gasteiger partial charge in [-0.1, -0.05) is 38.1 Å². The van der Waals surface area contributed by atoms with Gasteiger partial charge >= 0.3 is 0 Å². The molecule has 0 heterocycles. The van der Waals surface area contributed by atoms with Gasteiger partial charge in [0.15, 0.2) is 0 Å². The molecule has 4 nitrogen and oxygen atoms in total. The van der Waals surface area contributed by atoms with Crippen LogP contribution in [0.4, 0.5) is 0 Å². The summed E-state index contributed by atoms with van der Waals surface area (Å²) in [7, 11) is -3.32. The second-order valence-corrected chi connectivity index (χ2v) is 8.11. The van der Waals surface area contributed by atoms with Crippen molar-refractivity contribution in [1.82, 2.24) is 4.72 Å². The summed E-state index contributed by atoms with van der Waals surface area (Å²) in [5.74, 6) is 1.07. The molecule has 3 unspecified atom stereocenters. The molecule has 21 heavy (non-hydrogen) atoms. The highest BCUT2D eigenvalue weighted by atomic mass is 32.2. The highest BCUT2D eigenvalue weighted by molar-refractivity contribution is 7.88. The monoisotopic (exact) mass is 311 g/mol. The summed E-state index contributed by atoms with van der Waals surface area (Å²) in [6.07, 6.45) is 3.09. The van der Waals surface area contributed by atoms with Gasteiger partial charge in [0.1, 0.15) is 0 Å². The molecule has 5 heteroatoms. The summed E-state index contributed by atoms with van der Waals surface area (Å²) < 4.78 is 27.4. The third-order valence-corrected chi connectivity index (χ3v) is 5.70. The second kappa shape index (κ2) is 6.90. The van der Waals surface area contributed by atoms with Gasteiger partial charge in [-0.25, -0.2) is 13.1 Å². The summed E-state index contributed by atoms with van der Waals surface area (Å²) >= 11 is 0. The van der Waals surface area contributed by atoms with Gasteiger partial charge < -0.3 is 5.11 Å². The van der Waals surface area contributed by atoms with Crippen molar-refractivity contribution in [3.63, 3.8) is 0 Å². The molecule has 0 radical (unpaired) electrons. The van der Waals surface area contributed by atoms with Crippen LogP contribution >= 0.6 is 0 Å². The first-order valence-corrected chi connectivity index (χ1v) is 9.23. The third-order valence-electron chi connectivity index (χ3n) is 4.32. The maximum Gasteiger partial charge on any atom is 0.216 e. The van der Waals surface area contributed by atoms with E-state index in [1.807, 2.05) is 0 Å². The summed E-state index contributed by atoms with van der Waals surface area (Å²) in [5, 5.41) is 9.00. The van der Waals surface area contributed by atoms with Crippen molar-refractivity contribution in [2.24, 2.45) is 11.8 Å². The van der Waals surface area contributed by atoms with E-state index in [9.17, 15) is 8.42 Å². The molecule has 1 aromatic rings. The van der Waals surface area contributed by atoms with Crippen LogP contribution in [-0.2, 0) is 22.4 Å². The molecule has 2 rings (SSSR count). The van der Waals surface area contributed by atoms with Crippen LogP contribution < -0.4 is 4.72 Å². The van der Waals surface area contributed by atoms with E-state index in [2.05, 4.69) is 18.6 Å². The van der Waals surface area contributed by atoms with Crippen molar-refractivity contribution in [2.75, 3.05) is 0 Å². The van der Waals surface area contributed by atoms with Gasteiger partial charge in [-0.2, -0.15) is 0 Å². The molecule has 1 fully saturated rings. The third kappa shape index (κ3) is 4.80. The van der Waals surface area contributed by atoms with Gasteiger partial charge in [0.2, 0.25) is 10.0 Å². The molecular weight excluding hydrogens is 286 g/mol. The first kappa shape index (κ1) is 16.5. The van der Waals surface area contributed by atoms with Crippen LogP contribution in [0.15, 0.2) is 24.3 Å². The molecule has 2 N–H and O–H groups in total. The van der Waals surface area contributed by atoms with Crippen LogP contribution in [-0.4, -0.2) is 19.6 Å². The molecule has 0 spiro atoms. The van der Waals surface area contributed by atoms with E-state index in [0.717, 1.165) is 30.4 Å². The van der Waals surface area contributed by atoms with Gasteiger partial charge in [-0.05, 0) is 42.2 Å². The summed E-state index contributed by atoms with van der Waals surface area (Å²) in [4.78, 5) is 0. The van der Waals surface area contributed by atoms with Gasteiger partial charge in [-0.3, -0.25) is 0 Å². The smallest absolute Gasteiger partial charge is 0.216 e. The lowest BCUT2D eigenvalue weighted by Crippen LogP contribution is -2.42. The van der Waals surface area contributed by atoms with Crippen molar-refractivity contribution >= 4 is 10.0 Å². The standard InChI is InChI=1S/C16H25NO3S/c1-12-3-8-16(13(2)9-12)17-21(19,20)11-15-6-4-14(10-18)5-7-15/h4-7,12-13,16-18H,3,8-11H2,1-2H3.